The summed E-state index contributed by atoms with van der Waals surface area (Å²) in [6.45, 7) is 4.00. The van der Waals surface area contributed by atoms with Crippen molar-refractivity contribution in [1.82, 2.24) is 9.97 Å². The number of rotatable bonds is 5. The number of nitro groups is 2. The molecule has 0 amide bonds. The van der Waals surface area contributed by atoms with Crippen molar-refractivity contribution in [2.24, 2.45) is 0 Å². The Morgan fingerprint density at radius 2 is 1.39 bits per heavy atom. The molecule has 206 valence electrons. The summed E-state index contributed by atoms with van der Waals surface area (Å²) in [6.07, 6.45) is 0. The molecule has 0 aliphatic heterocycles. The van der Waals surface area contributed by atoms with E-state index in [1.807, 2.05) is 13.8 Å². The SMILES string of the molecule is CC.CNc1cc(Cl)[n+](N(C)c2cc(Cl)nc(Cl)c2N)c(Cl)c1[N+](=O)[O-].Nc1cc(Cl)nc(Cl)c1[N+](=O)[O-]. The summed E-state index contributed by atoms with van der Waals surface area (Å²) < 4.78 is 1.19. The molecule has 3 aromatic rings. The summed E-state index contributed by atoms with van der Waals surface area (Å²) in [7, 11) is 3.06. The van der Waals surface area contributed by atoms with Gasteiger partial charge >= 0.3 is 21.7 Å². The first kappa shape index (κ1) is 33.2. The molecule has 0 saturated heterocycles. The first-order chi connectivity index (χ1) is 17.7. The van der Waals surface area contributed by atoms with Gasteiger partial charge in [0.2, 0.25) is 5.15 Å². The summed E-state index contributed by atoms with van der Waals surface area (Å²) in [4.78, 5) is 27.6. The first-order valence-electron chi connectivity index (χ1n) is 10.1. The molecule has 0 fully saturated rings. The Morgan fingerprint density at radius 3 is 1.87 bits per heavy atom. The molecule has 38 heavy (non-hydrogen) atoms. The van der Waals surface area contributed by atoms with E-state index in [1.165, 1.54) is 34.9 Å². The lowest BCUT2D eigenvalue weighted by molar-refractivity contribution is -0.679. The highest BCUT2D eigenvalue weighted by Gasteiger charge is 2.35. The Hall–Kier alpha value is -2.81. The molecule has 0 aliphatic rings. The van der Waals surface area contributed by atoms with E-state index in [0.717, 1.165) is 0 Å². The van der Waals surface area contributed by atoms with Gasteiger partial charge in [0.05, 0.1) is 28.6 Å². The predicted molar refractivity (Wildman–Crippen MR) is 152 cm³/mol. The second-order valence-corrected chi connectivity index (χ2v) is 8.70. The zero-order valence-electron chi connectivity index (χ0n) is 20.0. The lowest BCUT2D eigenvalue weighted by Crippen LogP contribution is -2.54. The highest BCUT2D eigenvalue weighted by atomic mass is 35.5. The van der Waals surface area contributed by atoms with E-state index in [-0.39, 0.29) is 53.7 Å². The summed E-state index contributed by atoms with van der Waals surface area (Å²) in [5.74, 6) is 0. The van der Waals surface area contributed by atoms with Crippen LogP contribution in [0.15, 0.2) is 18.2 Å². The number of hydrogen-bond acceptors (Lipinski definition) is 10. The van der Waals surface area contributed by atoms with E-state index in [4.69, 9.17) is 81.1 Å². The molecule has 0 unspecified atom stereocenters. The zero-order valence-corrected chi connectivity index (χ0v) is 24.5. The van der Waals surface area contributed by atoms with Gasteiger partial charge in [-0.05, 0) is 27.9 Å². The number of nitrogens with zero attached hydrogens (tertiary/aromatic N) is 6. The standard InChI is InChI=1S/C12H10Cl4N6O2.C5H3Cl2N3O2.C2H6/c1-18-5-3-8(14)21(12(16)10(5)22(23)24)20(2)6-4-7(13)19-11(15)9(6)17;6-3-1-2(8)4(10(11)12)5(7)9-3;1-2/h3-4H,17H2,1-2H3;1H,(H2,8,9);1-2H3/p+1. The van der Waals surface area contributed by atoms with Crippen LogP contribution < -0.4 is 26.5 Å². The lowest BCUT2D eigenvalue weighted by Gasteiger charge is -2.17. The number of nitrogens with two attached hydrogens (primary N) is 2. The van der Waals surface area contributed by atoms with Crippen LogP contribution in [0.4, 0.5) is 34.1 Å². The minimum absolute atomic E-state index is 0.0152. The van der Waals surface area contributed by atoms with E-state index < -0.39 is 15.5 Å². The fraction of sp³-hybridized carbons (Fsp3) is 0.211. The third-order valence-corrected chi connectivity index (χ3v) is 5.84. The van der Waals surface area contributed by atoms with Crippen molar-refractivity contribution >= 4 is 104 Å². The molecule has 13 nitrogen and oxygen atoms in total. The van der Waals surface area contributed by atoms with Gasteiger partial charge in [0, 0.05) is 19.2 Å². The highest BCUT2D eigenvalue weighted by molar-refractivity contribution is 6.35. The van der Waals surface area contributed by atoms with E-state index in [2.05, 4.69) is 15.3 Å². The molecule has 0 aliphatic carbocycles. The van der Waals surface area contributed by atoms with Gasteiger partial charge in [-0.2, -0.15) is 0 Å². The summed E-state index contributed by atoms with van der Waals surface area (Å²) in [5.41, 5.74) is 10.9. The van der Waals surface area contributed by atoms with E-state index in [9.17, 15) is 20.2 Å². The summed E-state index contributed by atoms with van der Waals surface area (Å²) >= 11 is 35.1. The molecule has 0 atom stereocenters. The van der Waals surface area contributed by atoms with Gasteiger partial charge in [0.15, 0.2) is 5.15 Å². The van der Waals surface area contributed by atoms with Crippen molar-refractivity contribution in [2.75, 3.05) is 35.9 Å². The Balaban J connectivity index is 0.000000432. The van der Waals surface area contributed by atoms with Crippen LogP contribution >= 0.6 is 69.6 Å². The minimum Gasteiger partial charge on any atom is -0.394 e. The summed E-state index contributed by atoms with van der Waals surface area (Å²) in [6, 6.07) is 3.97. The van der Waals surface area contributed by atoms with Crippen LogP contribution in [0.25, 0.3) is 0 Å². The van der Waals surface area contributed by atoms with Crippen molar-refractivity contribution in [2.45, 2.75) is 13.8 Å². The fourth-order valence-corrected chi connectivity index (χ4v) is 4.39. The monoisotopic (exact) mass is 648 g/mol. The van der Waals surface area contributed by atoms with Gasteiger partial charge in [-0.1, -0.05) is 60.3 Å². The van der Waals surface area contributed by atoms with Gasteiger partial charge in [0.25, 0.3) is 0 Å². The normalized spacial score (nSPS) is 9.95. The van der Waals surface area contributed by atoms with Gasteiger partial charge in [0.1, 0.15) is 27.4 Å². The molecule has 0 radical (unpaired) electrons. The number of nitrogens with one attached hydrogen (secondary N) is 1. The third kappa shape index (κ3) is 7.62. The topological polar surface area (TPSA) is 183 Å². The van der Waals surface area contributed by atoms with Crippen molar-refractivity contribution in [3.8, 4) is 0 Å². The molecule has 3 rings (SSSR count). The molecule has 0 saturated carbocycles. The van der Waals surface area contributed by atoms with E-state index in [0.29, 0.717) is 5.69 Å². The Morgan fingerprint density at radius 1 is 0.895 bits per heavy atom. The molecular weight excluding hydrogens is 631 g/mol. The van der Waals surface area contributed by atoms with E-state index >= 15 is 0 Å². The number of pyridine rings is 3. The van der Waals surface area contributed by atoms with Crippen molar-refractivity contribution in [3.05, 3.63) is 69.3 Å². The van der Waals surface area contributed by atoms with Gasteiger partial charge in [-0.3, -0.25) is 20.2 Å². The molecule has 0 bridgehead atoms. The number of aromatic nitrogens is 3. The van der Waals surface area contributed by atoms with Crippen LogP contribution in [0, 0.1) is 20.2 Å². The van der Waals surface area contributed by atoms with Crippen LogP contribution in [-0.2, 0) is 0 Å². The molecule has 3 aromatic heterocycles. The third-order valence-electron chi connectivity index (χ3n) is 4.29. The molecule has 19 heteroatoms. The van der Waals surface area contributed by atoms with Crippen molar-refractivity contribution in [3.63, 3.8) is 0 Å². The molecular formula is C19H20Cl6N9O4+. The number of anilines is 4. The largest absolute Gasteiger partial charge is 0.394 e. The average molecular weight is 651 g/mol. The Bertz CT molecular complexity index is 1340. The quantitative estimate of drug-likeness (QED) is 0.122. The summed E-state index contributed by atoms with van der Waals surface area (Å²) in [5, 5.41) is 25.4. The maximum Gasteiger partial charge on any atom is 0.386 e. The van der Waals surface area contributed by atoms with Crippen molar-refractivity contribution in [1.29, 1.82) is 0 Å². The predicted octanol–water partition coefficient (Wildman–Crippen LogP) is 6.32. The van der Waals surface area contributed by atoms with E-state index in [1.54, 1.807) is 7.05 Å². The van der Waals surface area contributed by atoms with Crippen LogP contribution in [0.5, 0.6) is 0 Å². The first-order valence-corrected chi connectivity index (χ1v) is 12.4. The number of nitrogen functional groups attached to an aromatic ring is 2. The maximum atomic E-state index is 11.3. The Kier molecular flexibility index (Phi) is 12.6. The van der Waals surface area contributed by atoms with Crippen LogP contribution in [0.2, 0.25) is 30.9 Å². The van der Waals surface area contributed by atoms with Crippen molar-refractivity contribution < 1.29 is 14.5 Å². The van der Waals surface area contributed by atoms with Crippen LogP contribution in [0.3, 0.4) is 0 Å². The second-order valence-electron chi connectivity index (χ2n) is 6.46. The van der Waals surface area contributed by atoms with Crippen LogP contribution in [0.1, 0.15) is 13.8 Å². The van der Waals surface area contributed by atoms with Gasteiger partial charge in [-0.25, -0.2) is 9.97 Å². The smallest absolute Gasteiger partial charge is 0.386 e. The second kappa shape index (κ2) is 14.4. The number of halogens is 6. The Labute approximate surface area is 246 Å². The number of hydrogen-bond donors (Lipinski definition) is 3. The molecule has 5 N–H and O–H groups in total. The zero-order chi connectivity index (χ0) is 29.5. The molecule has 0 spiro atoms. The average Bonchev–Trinajstić information content (AvgIpc) is 2.81. The molecule has 0 aromatic carbocycles. The lowest BCUT2D eigenvalue weighted by atomic mass is 10.3. The van der Waals surface area contributed by atoms with Crippen LogP contribution in [-0.4, -0.2) is 33.9 Å². The highest BCUT2D eigenvalue weighted by Crippen LogP contribution is 2.35. The van der Waals surface area contributed by atoms with Gasteiger partial charge < -0.3 is 16.8 Å². The fourth-order valence-electron chi connectivity index (χ4n) is 2.73. The maximum absolute atomic E-state index is 11.3. The molecule has 3 heterocycles. The van der Waals surface area contributed by atoms with Gasteiger partial charge in [-0.15, -0.1) is 5.01 Å². The minimum atomic E-state index is -0.707.